The number of hydrogen-bond acceptors (Lipinski definition) is 4. The molecule has 102 valence electrons. The molecule has 0 fully saturated rings. The molecule has 19 heavy (non-hydrogen) atoms. The van der Waals surface area contributed by atoms with E-state index >= 15 is 0 Å². The zero-order chi connectivity index (χ0) is 13.7. The van der Waals surface area contributed by atoms with Gasteiger partial charge in [-0.3, -0.25) is 4.90 Å². The number of thiazole rings is 1. The average Bonchev–Trinajstić information content (AvgIpc) is 2.75. The molecule has 0 radical (unpaired) electrons. The molecule has 0 spiro atoms. The molecule has 0 bridgehead atoms. The Kier molecular flexibility index (Phi) is 4.93. The van der Waals surface area contributed by atoms with Crippen LogP contribution < -0.4 is 5.73 Å². The molecule has 0 saturated heterocycles. The van der Waals surface area contributed by atoms with Crippen LogP contribution in [0.5, 0.6) is 0 Å². The lowest BCUT2D eigenvalue weighted by Crippen LogP contribution is -2.23. The van der Waals surface area contributed by atoms with E-state index in [1.54, 1.807) is 11.3 Å². The minimum absolute atomic E-state index is 0.832. The van der Waals surface area contributed by atoms with Gasteiger partial charge in [0.1, 0.15) is 0 Å². The highest BCUT2D eigenvalue weighted by molar-refractivity contribution is 7.09. The smallest absolute Gasteiger partial charge is 0.0897 e. The molecule has 0 aliphatic rings. The maximum atomic E-state index is 5.83. The van der Waals surface area contributed by atoms with Crippen LogP contribution in [0.4, 0.5) is 5.69 Å². The van der Waals surface area contributed by atoms with Crippen LogP contribution in [-0.4, -0.2) is 16.4 Å². The fraction of sp³-hybridized carbons (Fsp3) is 0.400. The lowest BCUT2D eigenvalue weighted by Gasteiger charge is -2.21. The van der Waals surface area contributed by atoms with Crippen molar-refractivity contribution in [3.63, 3.8) is 0 Å². The number of aryl methyl sites for hydroxylation is 1. The zero-order valence-corrected chi connectivity index (χ0v) is 12.4. The summed E-state index contributed by atoms with van der Waals surface area (Å²) >= 11 is 1.72. The summed E-state index contributed by atoms with van der Waals surface area (Å²) in [7, 11) is 0. The lowest BCUT2D eigenvalue weighted by atomic mass is 10.2. The molecule has 1 heterocycles. The van der Waals surface area contributed by atoms with Gasteiger partial charge in [-0.2, -0.15) is 0 Å². The van der Waals surface area contributed by atoms with Crippen LogP contribution in [0.1, 0.15) is 29.6 Å². The van der Waals surface area contributed by atoms with E-state index < -0.39 is 0 Å². The van der Waals surface area contributed by atoms with Gasteiger partial charge in [-0.1, -0.05) is 19.1 Å². The molecule has 0 aliphatic heterocycles. The monoisotopic (exact) mass is 275 g/mol. The molecular formula is C15H21N3S. The lowest BCUT2D eigenvalue weighted by molar-refractivity contribution is 0.254. The van der Waals surface area contributed by atoms with Gasteiger partial charge in [0.05, 0.1) is 10.7 Å². The van der Waals surface area contributed by atoms with Gasteiger partial charge in [0, 0.05) is 24.2 Å². The third kappa shape index (κ3) is 4.33. The maximum Gasteiger partial charge on any atom is 0.0897 e. The Bertz CT molecular complexity index is 522. The summed E-state index contributed by atoms with van der Waals surface area (Å²) < 4.78 is 0. The van der Waals surface area contributed by atoms with Crippen molar-refractivity contribution in [2.45, 2.75) is 33.4 Å². The SMILES string of the molecule is CCCN(Cc1cccc(N)c1)Cc1csc(C)n1. The van der Waals surface area contributed by atoms with Crippen molar-refractivity contribution in [2.75, 3.05) is 12.3 Å². The molecule has 0 aliphatic carbocycles. The molecular weight excluding hydrogens is 254 g/mol. The van der Waals surface area contributed by atoms with E-state index in [2.05, 4.69) is 41.2 Å². The van der Waals surface area contributed by atoms with E-state index in [1.165, 1.54) is 11.3 Å². The first kappa shape index (κ1) is 14.0. The van der Waals surface area contributed by atoms with Crippen molar-refractivity contribution >= 4 is 17.0 Å². The molecule has 1 aromatic carbocycles. The number of anilines is 1. The van der Waals surface area contributed by atoms with Crippen molar-refractivity contribution in [1.82, 2.24) is 9.88 Å². The maximum absolute atomic E-state index is 5.83. The van der Waals surface area contributed by atoms with Crippen LogP contribution in [0, 0.1) is 6.92 Å². The van der Waals surface area contributed by atoms with Gasteiger partial charge in [-0.05, 0) is 37.6 Å². The second-order valence-electron chi connectivity index (χ2n) is 4.81. The first-order chi connectivity index (χ1) is 9.17. The summed E-state index contributed by atoms with van der Waals surface area (Å²) in [5.74, 6) is 0. The first-order valence-electron chi connectivity index (χ1n) is 6.65. The second kappa shape index (κ2) is 6.68. The second-order valence-corrected chi connectivity index (χ2v) is 5.88. The predicted octanol–water partition coefficient (Wildman–Crippen LogP) is 3.45. The standard InChI is InChI=1S/C15H21N3S/c1-3-7-18(10-15-11-19-12(2)17-15)9-13-5-4-6-14(16)8-13/h4-6,8,11H,3,7,9-10,16H2,1-2H3. The van der Waals surface area contributed by atoms with E-state index in [-0.39, 0.29) is 0 Å². The van der Waals surface area contributed by atoms with Crippen molar-refractivity contribution in [3.8, 4) is 0 Å². The van der Waals surface area contributed by atoms with Crippen LogP contribution in [-0.2, 0) is 13.1 Å². The summed E-state index contributed by atoms with van der Waals surface area (Å²) in [6, 6.07) is 8.12. The number of hydrogen-bond donors (Lipinski definition) is 1. The highest BCUT2D eigenvalue weighted by Gasteiger charge is 2.08. The molecule has 0 atom stereocenters. The van der Waals surface area contributed by atoms with Gasteiger partial charge in [-0.15, -0.1) is 11.3 Å². The zero-order valence-electron chi connectivity index (χ0n) is 11.6. The van der Waals surface area contributed by atoms with Gasteiger partial charge in [0.2, 0.25) is 0 Å². The Morgan fingerprint density at radius 1 is 1.32 bits per heavy atom. The third-order valence-electron chi connectivity index (χ3n) is 2.95. The summed E-state index contributed by atoms with van der Waals surface area (Å²) in [4.78, 5) is 6.96. The molecule has 4 heteroatoms. The summed E-state index contributed by atoms with van der Waals surface area (Å²) in [5, 5.41) is 3.28. The normalized spacial score (nSPS) is 11.1. The number of nitrogens with two attached hydrogens (primary N) is 1. The van der Waals surface area contributed by atoms with Crippen LogP contribution >= 0.6 is 11.3 Å². The Labute approximate surface area is 119 Å². The van der Waals surface area contributed by atoms with Gasteiger partial charge < -0.3 is 5.73 Å². The quantitative estimate of drug-likeness (QED) is 0.821. The van der Waals surface area contributed by atoms with Gasteiger partial charge >= 0.3 is 0 Å². The van der Waals surface area contributed by atoms with Gasteiger partial charge in [-0.25, -0.2) is 4.98 Å². The first-order valence-corrected chi connectivity index (χ1v) is 7.53. The van der Waals surface area contributed by atoms with Crippen LogP contribution in [0.2, 0.25) is 0 Å². The molecule has 2 rings (SSSR count). The molecule has 2 N–H and O–H groups in total. The van der Waals surface area contributed by atoms with E-state index in [0.29, 0.717) is 0 Å². The Morgan fingerprint density at radius 3 is 2.79 bits per heavy atom. The number of nitrogens with zero attached hydrogens (tertiary/aromatic N) is 2. The van der Waals surface area contributed by atoms with E-state index in [1.807, 2.05) is 12.1 Å². The Balaban J connectivity index is 2.03. The Hall–Kier alpha value is -1.39. The summed E-state index contributed by atoms with van der Waals surface area (Å²) in [6.45, 7) is 7.17. The number of nitrogen functional groups attached to an aromatic ring is 1. The largest absolute Gasteiger partial charge is 0.399 e. The number of rotatable bonds is 6. The topological polar surface area (TPSA) is 42.1 Å². The van der Waals surface area contributed by atoms with E-state index in [4.69, 9.17) is 5.73 Å². The van der Waals surface area contributed by atoms with E-state index in [0.717, 1.165) is 36.8 Å². The minimum atomic E-state index is 0.832. The molecule has 0 unspecified atom stereocenters. The van der Waals surface area contributed by atoms with Gasteiger partial charge in [0.15, 0.2) is 0 Å². The van der Waals surface area contributed by atoms with Crippen molar-refractivity contribution in [3.05, 3.63) is 45.9 Å². The number of benzene rings is 1. The number of aromatic nitrogens is 1. The van der Waals surface area contributed by atoms with Crippen molar-refractivity contribution in [1.29, 1.82) is 0 Å². The fourth-order valence-corrected chi connectivity index (χ4v) is 2.79. The average molecular weight is 275 g/mol. The Morgan fingerprint density at radius 2 is 2.16 bits per heavy atom. The van der Waals surface area contributed by atoms with Gasteiger partial charge in [0.25, 0.3) is 0 Å². The van der Waals surface area contributed by atoms with Crippen LogP contribution in [0.25, 0.3) is 0 Å². The van der Waals surface area contributed by atoms with E-state index in [9.17, 15) is 0 Å². The van der Waals surface area contributed by atoms with Crippen molar-refractivity contribution in [2.24, 2.45) is 0 Å². The summed E-state index contributed by atoms with van der Waals surface area (Å²) in [5.41, 5.74) is 9.10. The van der Waals surface area contributed by atoms with Crippen LogP contribution in [0.3, 0.4) is 0 Å². The predicted molar refractivity (Wildman–Crippen MR) is 82.1 cm³/mol. The minimum Gasteiger partial charge on any atom is -0.399 e. The highest BCUT2D eigenvalue weighted by Crippen LogP contribution is 2.14. The third-order valence-corrected chi connectivity index (χ3v) is 3.77. The molecule has 2 aromatic rings. The molecule has 3 nitrogen and oxygen atoms in total. The highest BCUT2D eigenvalue weighted by atomic mass is 32.1. The fourth-order valence-electron chi connectivity index (χ4n) is 2.19. The molecule has 1 aromatic heterocycles. The summed E-state index contributed by atoms with van der Waals surface area (Å²) in [6.07, 6.45) is 1.14. The van der Waals surface area contributed by atoms with Crippen LogP contribution in [0.15, 0.2) is 29.6 Å². The molecule has 0 saturated carbocycles. The van der Waals surface area contributed by atoms with Crippen molar-refractivity contribution < 1.29 is 0 Å². The molecule has 0 amide bonds.